The number of pyridine rings is 2. The zero-order valence-corrected chi connectivity index (χ0v) is 27.5. The third kappa shape index (κ3) is 7.64. The molecule has 47 heavy (non-hydrogen) atoms. The summed E-state index contributed by atoms with van der Waals surface area (Å²) >= 11 is 8.20. The number of aryl methyl sites for hydroxylation is 1. The monoisotopic (exact) mass is 674 g/mol. The Morgan fingerprint density at radius 3 is 2.57 bits per heavy atom. The van der Waals surface area contributed by atoms with E-state index < -0.39 is 29.8 Å². The first-order valence-electron chi connectivity index (χ1n) is 14.9. The molecule has 0 bridgehead atoms. The molecule has 0 saturated carbocycles. The number of rotatable bonds is 12. The van der Waals surface area contributed by atoms with E-state index in [4.69, 9.17) is 28.8 Å². The second-order valence-electron chi connectivity index (χ2n) is 11.1. The van der Waals surface area contributed by atoms with E-state index in [0.717, 1.165) is 27.7 Å². The molecule has 0 saturated heterocycles. The number of carbonyl (C=O) groups is 2. The van der Waals surface area contributed by atoms with E-state index in [2.05, 4.69) is 20.3 Å². The highest BCUT2D eigenvalue weighted by Gasteiger charge is 2.31. The number of H-pyrrole nitrogens is 1. The summed E-state index contributed by atoms with van der Waals surface area (Å²) in [6.45, 7) is 2.18. The number of nitrogens with one attached hydrogen (secondary N) is 2. The van der Waals surface area contributed by atoms with E-state index >= 15 is 0 Å². The van der Waals surface area contributed by atoms with Gasteiger partial charge in [0.15, 0.2) is 0 Å². The van der Waals surface area contributed by atoms with Crippen LogP contribution in [0.2, 0.25) is 5.02 Å². The van der Waals surface area contributed by atoms with Crippen LogP contribution in [0, 0.1) is 12.9 Å². The lowest BCUT2D eigenvalue weighted by molar-refractivity contribution is -0.139. The quantitative estimate of drug-likeness (QED) is 0.122. The van der Waals surface area contributed by atoms with E-state index in [1.807, 2.05) is 43.3 Å². The zero-order valence-electron chi connectivity index (χ0n) is 26.0. The van der Waals surface area contributed by atoms with Crippen LogP contribution in [0.1, 0.15) is 22.4 Å². The number of likely N-dealkylation sites (N-methyl/N-ethyl adjacent to an activating group) is 1. The Labute approximate surface area is 281 Å². The number of aromatic nitrogens is 3. The van der Waals surface area contributed by atoms with Gasteiger partial charge in [0, 0.05) is 73.1 Å². The van der Waals surface area contributed by atoms with Gasteiger partial charge in [-0.2, -0.15) is 4.39 Å². The second-order valence-corrected chi connectivity index (χ2v) is 12.5. The predicted molar refractivity (Wildman–Crippen MR) is 183 cm³/mol. The molecule has 5 rings (SSSR count). The minimum atomic E-state index is -0.964. The average molecular weight is 675 g/mol. The van der Waals surface area contributed by atoms with Crippen LogP contribution >= 0.6 is 23.4 Å². The molecule has 3 aromatic heterocycles. The molecule has 0 radical (unpaired) electrons. The highest BCUT2D eigenvalue weighted by Crippen LogP contribution is 2.39. The number of amides is 2. The van der Waals surface area contributed by atoms with E-state index in [0.29, 0.717) is 31.6 Å². The normalized spacial score (nSPS) is 12.6. The molecule has 0 aliphatic rings. The smallest absolute Gasteiger partial charge is 0.243 e. The van der Waals surface area contributed by atoms with Gasteiger partial charge in [-0.05, 0) is 65.1 Å². The van der Waals surface area contributed by atoms with Gasteiger partial charge in [-0.3, -0.25) is 9.59 Å². The molecular formula is C34H36ClFN8O2S. The van der Waals surface area contributed by atoms with Crippen molar-refractivity contribution in [2.45, 2.75) is 48.4 Å². The van der Waals surface area contributed by atoms with Crippen LogP contribution < -0.4 is 22.5 Å². The van der Waals surface area contributed by atoms with Crippen molar-refractivity contribution < 1.29 is 14.0 Å². The number of halogens is 2. The predicted octanol–water partition coefficient (Wildman–Crippen LogP) is 4.31. The largest absolute Gasteiger partial charge is 0.358 e. The molecule has 2 amide bonds. The highest BCUT2D eigenvalue weighted by molar-refractivity contribution is 7.99. The summed E-state index contributed by atoms with van der Waals surface area (Å²) in [6, 6.07) is 16.2. The summed E-state index contributed by atoms with van der Waals surface area (Å²) in [5.74, 6) is -1.48. The summed E-state index contributed by atoms with van der Waals surface area (Å²) in [4.78, 5) is 40.8. The number of para-hydroxylation sites is 1. The van der Waals surface area contributed by atoms with Crippen LogP contribution in [0.3, 0.4) is 0 Å². The molecular weight excluding hydrogens is 639 g/mol. The van der Waals surface area contributed by atoms with E-state index in [1.54, 1.807) is 31.4 Å². The van der Waals surface area contributed by atoms with Gasteiger partial charge < -0.3 is 32.4 Å². The Balaban J connectivity index is 1.51. The first-order valence-corrected chi connectivity index (χ1v) is 16.1. The fraction of sp³-hybridized carbons (Fsp3) is 0.235. The number of benzene rings is 2. The second kappa shape index (κ2) is 15.1. The van der Waals surface area contributed by atoms with Crippen molar-refractivity contribution in [3.63, 3.8) is 0 Å². The van der Waals surface area contributed by atoms with Crippen LogP contribution in [0.5, 0.6) is 0 Å². The molecule has 0 spiro atoms. The minimum Gasteiger partial charge on any atom is -0.358 e. The van der Waals surface area contributed by atoms with E-state index in [1.165, 1.54) is 28.9 Å². The van der Waals surface area contributed by atoms with Gasteiger partial charge in [0.05, 0.1) is 11.1 Å². The van der Waals surface area contributed by atoms with Gasteiger partial charge in [-0.15, -0.1) is 0 Å². The zero-order chi connectivity index (χ0) is 33.7. The summed E-state index contributed by atoms with van der Waals surface area (Å²) in [5, 5.41) is 5.04. The molecule has 0 aliphatic carbocycles. The van der Waals surface area contributed by atoms with Crippen molar-refractivity contribution in [3.8, 4) is 11.1 Å². The molecule has 8 N–H and O–H groups in total. The molecule has 2 aromatic carbocycles. The van der Waals surface area contributed by atoms with Crippen molar-refractivity contribution >= 4 is 46.1 Å². The molecule has 13 heteroatoms. The lowest BCUT2D eigenvalue weighted by Crippen LogP contribution is -2.54. The van der Waals surface area contributed by atoms with Gasteiger partial charge in [0.2, 0.25) is 17.8 Å². The van der Waals surface area contributed by atoms with E-state index in [-0.39, 0.29) is 26.1 Å². The van der Waals surface area contributed by atoms with Crippen LogP contribution in [-0.4, -0.2) is 57.3 Å². The third-order valence-corrected chi connectivity index (χ3v) is 9.67. The van der Waals surface area contributed by atoms with Gasteiger partial charge in [0.1, 0.15) is 11.1 Å². The molecule has 0 fully saturated rings. The summed E-state index contributed by atoms with van der Waals surface area (Å²) in [6.07, 6.45) is 3.27. The Morgan fingerprint density at radius 1 is 1.04 bits per heavy atom. The number of nitrogens with zero attached hydrogens (tertiary/aromatic N) is 3. The van der Waals surface area contributed by atoms with Crippen LogP contribution in [-0.2, 0) is 29.1 Å². The topological polar surface area (TPSA) is 169 Å². The lowest BCUT2D eigenvalue weighted by Gasteiger charge is -2.29. The number of nitrogens with two attached hydrogens (primary N) is 3. The van der Waals surface area contributed by atoms with Crippen molar-refractivity contribution in [1.82, 2.24) is 25.2 Å². The minimum absolute atomic E-state index is 0.0431. The van der Waals surface area contributed by atoms with Gasteiger partial charge in [-0.25, -0.2) is 9.97 Å². The number of carbonyl (C=O) groups excluding carboxylic acids is 2. The van der Waals surface area contributed by atoms with E-state index in [9.17, 15) is 14.0 Å². The SMILES string of the molecule is Cc1[nH]c2ccccc2c1C[C@@H](C(=O)NCc1cc(-c2ccnc(F)c2)cc(Cl)c1Sc1ncccc1CN)N(C)C(=O)[C@@H](N)CN. The van der Waals surface area contributed by atoms with Crippen molar-refractivity contribution in [2.24, 2.45) is 17.2 Å². The molecule has 0 aliphatic heterocycles. The average Bonchev–Trinajstić information content (AvgIpc) is 3.40. The fourth-order valence-corrected chi connectivity index (χ4v) is 6.79. The summed E-state index contributed by atoms with van der Waals surface area (Å²) < 4.78 is 14.1. The maximum atomic E-state index is 14.1. The highest BCUT2D eigenvalue weighted by atomic mass is 35.5. The number of hydrogen-bond donors (Lipinski definition) is 5. The molecule has 0 unspecified atom stereocenters. The van der Waals surface area contributed by atoms with Crippen molar-refractivity contribution in [2.75, 3.05) is 13.6 Å². The Hall–Kier alpha value is -4.33. The summed E-state index contributed by atoms with van der Waals surface area (Å²) in [5.41, 5.74) is 23.1. The molecule has 3 heterocycles. The van der Waals surface area contributed by atoms with Crippen LogP contribution in [0.25, 0.3) is 22.0 Å². The first kappa shape index (κ1) is 34.0. The number of aromatic amines is 1. The van der Waals surface area contributed by atoms with Gasteiger partial charge in [-0.1, -0.05) is 47.6 Å². The van der Waals surface area contributed by atoms with Crippen LogP contribution in [0.15, 0.2) is 83.0 Å². The summed E-state index contributed by atoms with van der Waals surface area (Å²) in [7, 11) is 1.55. The number of hydrogen-bond acceptors (Lipinski definition) is 8. The first-order chi connectivity index (χ1) is 22.6. The Kier molecular flexibility index (Phi) is 10.9. The Morgan fingerprint density at radius 2 is 1.83 bits per heavy atom. The third-order valence-electron chi connectivity index (χ3n) is 8.02. The maximum absolute atomic E-state index is 14.1. The Bertz CT molecular complexity index is 1920. The standard InChI is InChI=1S/C34H36ClFN8O2S/c1-19-25(24-7-3-4-8-28(24)43-19)15-29(44(2)34(46)27(39)17-38)32(45)42-18-23-12-22(20-9-11-40-30(36)14-20)13-26(35)31(23)47-33-21(16-37)6-5-10-41-33/h3-14,27,29,43H,15-18,37-39H2,1-2H3,(H,42,45)/t27-,29-/m0/s1. The van der Waals surface area contributed by atoms with Gasteiger partial charge >= 0.3 is 0 Å². The number of fused-ring (bicyclic) bond motifs is 1. The van der Waals surface area contributed by atoms with Gasteiger partial charge in [0.25, 0.3) is 0 Å². The fourth-order valence-electron chi connectivity index (χ4n) is 5.43. The molecule has 2 atom stereocenters. The lowest BCUT2D eigenvalue weighted by atomic mass is 10.00. The van der Waals surface area contributed by atoms with Crippen molar-refractivity contribution in [1.29, 1.82) is 0 Å². The molecule has 5 aromatic rings. The van der Waals surface area contributed by atoms with Crippen molar-refractivity contribution in [3.05, 3.63) is 106 Å². The molecule has 10 nitrogen and oxygen atoms in total. The maximum Gasteiger partial charge on any atom is 0.243 e. The van der Waals surface area contributed by atoms with Crippen LogP contribution in [0.4, 0.5) is 4.39 Å². The molecule has 244 valence electrons.